The first-order valence-electron chi connectivity index (χ1n) is 6.84. The van der Waals surface area contributed by atoms with Crippen LogP contribution in [0.15, 0.2) is 30.3 Å². The summed E-state index contributed by atoms with van der Waals surface area (Å²) in [5, 5.41) is 11.8. The minimum atomic E-state index is -0.971. The third kappa shape index (κ3) is 3.40. The minimum absolute atomic E-state index is 0.179. The summed E-state index contributed by atoms with van der Waals surface area (Å²) in [5.74, 6) is -1.25. The molecule has 1 fully saturated rings. The third-order valence-electron chi connectivity index (χ3n) is 3.92. The quantitative estimate of drug-likeness (QED) is 0.741. The van der Waals surface area contributed by atoms with E-state index in [1.54, 1.807) is 19.1 Å². The summed E-state index contributed by atoms with van der Waals surface area (Å²) < 4.78 is 5.26. The van der Waals surface area contributed by atoms with Crippen LogP contribution in [-0.2, 0) is 14.3 Å². The minimum Gasteiger partial charge on any atom is -0.481 e. The van der Waals surface area contributed by atoms with Crippen molar-refractivity contribution in [2.75, 3.05) is 13.2 Å². The lowest BCUT2D eigenvalue weighted by atomic mass is 9.84. The van der Waals surface area contributed by atoms with Crippen LogP contribution in [0.3, 0.4) is 0 Å². The molecule has 21 heavy (non-hydrogen) atoms. The molecule has 1 aliphatic rings. The number of aliphatic carboxylic acids is 1. The molecule has 3 unspecified atom stereocenters. The van der Waals surface area contributed by atoms with Gasteiger partial charge in [0.15, 0.2) is 0 Å². The van der Waals surface area contributed by atoms with Crippen molar-refractivity contribution in [3.05, 3.63) is 35.9 Å². The molecule has 3 atom stereocenters. The number of hydrogen-bond acceptors (Lipinski definition) is 4. The molecule has 0 saturated carbocycles. The lowest BCUT2D eigenvalue weighted by Gasteiger charge is -2.28. The molecular weight excluding hydrogens is 272 g/mol. The molecule has 0 aromatic heterocycles. The zero-order valence-corrected chi connectivity index (χ0v) is 11.9. The third-order valence-corrected chi connectivity index (χ3v) is 3.92. The summed E-state index contributed by atoms with van der Waals surface area (Å²) in [7, 11) is 0. The molecule has 6 heteroatoms. The van der Waals surface area contributed by atoms with Crippen LogP contribution in [0.25, 0.3) is 0 Å². The number of rotatable bonds is 5. The molecule has 1 aliphatic heterocycles. The van der Waals surface area contributed by atoms with Crippen molar-refractivity contribution in [1.82, 2.24) is 5.32 Å². The number of carboxylic acid groups (broad SMARTS) is 1. The highest BCUT2D eigenvalue weighted by Crippen LogP contribution is 2.29. The van der Waals surface area contributed by atoms with Crippen LogP contribution in [0, 0.1) is 5.41 Å². The highest BCUT2D eigenvalue weighted by atomic mass is 16.5. The Bertz CT molecular complexity index is 520. The van der Waals surface area contributed by atoms with Crippen molar-refractivity contribution in [3.63, 3.8) is 0 Å². The molecule has 2 rings (SSSR count). The Balaban J connectivity index is 2.15. The fourth-order valence-corrected chi connectivity index (χ4v) is 2.36. The molecule has 1 aromatic carbocycles. The van der Waals surface area contributed by atoms with E-state index in [1.807, 2.05) is 18.2 Å². The van der Waals surface area contributed by atoms with E-state index in [1.165, 1.54) is 0 Å². The van der Waals surface area contributed by atoms with Gasteiger partial charge in [-0.25, -0.2) is 0 Å². The molecule has 0 bridgehead atoms. The number of carbonyl (C=O) groups is 2. The number of carboxylic acids is 1. The van der Waals surface area contributed by atoms with Crippen LogP contribution in [0.2, 0.25) is 0 Å². The highest BCUT2D eigenvalue weighted by Gasteiger charge is 2.45. The van der Waals surface area contributed by atoms with E-state index in [0.717, 1.165) is 5.56 Å². The molecule has 1 saturated heterocycles. The Labute approximate surface area is 123 Å². The maximum Gasteiger partial charge on any atom is 0.305 e. The molecule has 0 radical (unpaired) electrons. The largest absolute Gasteiger partial charge is 0.481 e. The van der Waals surface area contributed by atoms with Crippen LogP contribution < -0.4 is 11.1 Å². The van der Waals surface area contributed by atoms with Crippen molar-refractivity contribution in [3.8, 4) is 0 Å². The molecule has 1 aromatic rings. The maximum atomic E-state index is 12.5. The van der Waals surface area contributed by atoms with E-state index in [-0.39, 0.29) is 18.9 Å². The van der Waals surface area contributed by atoms with Gasteiger partial charge < -0.3 is 20.9 Å². The van der Waals surface area contributed by atoms with Crippen molar-refractivity contribution in [2.24, 2.45) is 11.1 Å². The average Bonchev–Trinajstić information content (AvgIpc) is 2.80. The summed E-state index contributed by atoms with van der Waals surface area (Å²) in [5.41, 5.74) is 5.85. The van der Waals surface area contributed by atoms with Gasteiger partial charge in [-0.15, -0.1) is 0 Å². The van der Waals surface area contributed by atoms with Gasteiger partial charge in [-0.3, -0.25) is 9.59 Å². The topological polar surface area (TPSA) is 102 Å². The second-order valence-corrected chi connectivity index (χ2v) is 5.57. The molecule has 114 valence electrons. The molecule has 6 nitrogen and oxygen atoms in total. The summed E-state index contributed by atoms with van der Waals surface area (Å²) in [6.45, 7) is 2.32. The van der Waals surface area contributed by atoms with Gasteiger partial charge in [-0.1, -0.05) is 30.3 Å². The van der Waals surface area contributed by atoms with Crippen molar-refractivity contribution >= 4 is 11.9 Å². The first-order chi connectivity index (χ1) is 9.93. The zero-order chi connectivity index (χ0) is 15.5. The Hall–Kier alpha value is -1.92. The van der Waals surface area contributed by atoms with Crippen LogP contribution in [0.5, 0.6) is 0 Å². The van der Waals surface area contributed by atoms with Crippen molar-refractivity contribution in [1.29, 1.82) is 0 Å². The lowest BCUT2D eigenvalue weighted by molar-refractivity contribution is -0.138. The number of benzene rings is 1. The second-order valence-electron chi connectivity index (χ2n) is 5.57. The monoisotopic (exact) mass is 292 g/mol. The number of carbonyl (C=O) groups excluding carboxylic acids is 1. The number of nitrogens with one attached hydrogen (secondary N) is 1. The molecule has 0 spiro atoms. The van der Waals surface area contributed by atoms with Gasteiger partial charge in [-0.2, -0.15) is 0 Å². The first kappa shape index (κ1) is 15.5. The predicted molar refractivity (Wildman–Crippen MR) is 76.5 cm³/mol. The second kappa shape index (κ2) is 6.24. The van der Waals surface area contributed by atoms with Crippen LogP contribution in [0.4, 0.5) is 0 Å². The van der Waals surface area contributed by atoms with E-state index in [9.17, 15) is 9.59 Å². The molecule has 1 amide bonds. The standard InChI is InChI=1S/C15H20N2O4/c1-15(9-21-8-12(15)16)14(20)17-11(7-13(18)19)10-5-3-2-4-6-10/h2-6,11-12H,7-9,16H2,1H3,(H,17,20)(H,18,19). The van der Waals surface area contributed by atoms with Gasteiger partial charge >= 0.3 is 5.97 Å². The highest BCUT2D eigenvalue weighted by molar-refractivity contribution is 5.84. The van der Waals surface area contributed by atoms with E-state index in [2.05, 4.69) is 5.32 Å². The first-order valence-corrected chi connectivity index (χ1v) is 6.84. The van der Waals surface area contributed by atoms with E-state index in [0.29, 0.717) is 6.61 Å². The lowest BCUT2D eigenvalue weighted by Crippen LogP contribution is -2.50. The summed E-state index contributed by atoms with van der Waals surface area (Å²) in [4.78, 5) is 23.5. The maximum absolute atomic E-state index is 12.5. The van der Waals surface area contributed by atoms with Gasteiger partial charge in [0, 0.05) is 6.04 Å². The molecule has 4 N–H and O–H groups in total. The van der Waals surface area contributed by atoms with E-state index in [4.69, 9.17) is 15.6 Å². The number of ether oxygens (including phenoxy) is 1. The fourth-order valence-electron chi connectivity index (χ4n) is 2.36. The Morgan fingerprint density at radius 1 is 1.48 bits per heavy atom. The molecule has 1 heterocycles. The number of nitrogens with two attached hydrogens (primary N) is 1. The van der Waals surface area contributed by atoms with Gasteiger partial charge in [0.2, 0.25) is 5.91 Å². The van der Waals surface area contributed by atoms with Crippen LogP contribution in [0.1, 0.15) is 24.9 Å². The van der Waals surface area contributed by atoms with Crippen molar-refractivity contribution in [2.45, 2.75) is 25.4 Å². The Morgan fingerprint density at radius 3 is 2.67 bits per heavy atom. The summed E-state index contributed by atoms with van der Waals surface area (Å²) in [6.07, 6.45) is -0.179. The van der Waals surface area contributed by atoms with E-state index >= 15 is 0 Å². The van der Waals surface area contributed by atoms with Gasteiger partial charge in [0.1, 0.15) is 0 Å². The normalized spacial score (nSPS) is 26.3. The average molecular weight is 292 g/mol. The SMILES string of the molecule is CC1(C(=O)NC(CC(=O)O)c2ccccc2)COCC1N. The fraction of sp³-hybridized carbons (Fsp3) is 0.467. The van der Waals surface area contributed by atoms with E-state index < -0.39 is 23.5 Å². The molecular formula is C15H20N2O4. The Kier molecular flexibility index (Phi) is 4.59. The summed E-state index contributed by atoms with van der Waals surface area (Å²) >= 11 is 0. The Morgan fingerprint density at radius 2 is 2.14 bits per heavy atom. The predicted octanol–water partition coefficient (Wildman–Crippen LogP) is 0.682. The van der Waals surface area contributed by atoms with Gasteiger partial charge in [0.05, 0.1) is 31.1 Å². The number of hydrogen-bond donors (Lipinski definition) is 3. The van der Waals surface area contributed by atoms with Gasteiger partial charge in [-0.05, 0) is 12.5 Å². The van der Waals surface area contributed by atoms with Crippen molar-refractivity contribution < 1.29 is 19.4 Å². The summed E-state index contributed by atoms with van der Waals surface area (Å²) in [6, 6.07) is 8.07. The smallest absolute Gasteiger partial charge is 0.305 e. The van der Waals surface area contributed by atoms with Crippen LogP contribution in [-0.4, -0.2) is 36.2 Å². The van der Waals surface area contributed by atoms with Crippen LogP contribution >= 0.6 is 0 Å². The number of amides is 1. The van der Waals surface area contributed by atoms with Gasteiger partial charge in [0.25, 0.3) is 0 Å². The zero-order valence-electron chi connectivity index (χ0n) is 11.9. The molecule has 0 aliphatic carbocycles.